The van der Waals surface area contributed by atoms with Gasteiger partial charge in [0, 0.05) is 29.5 Å². The van der Waals surface area contributed by atoms with Gasteiger partial charge in [-0.05, 0) is 50.5 Å². The molecule has 0 bridgehead atoms. The number of anilines is 1. The smallest absolute Gasteiger partial charge is 0.258 e. The summed E-state index contributed by atoms with van der Waals surface area (Å²) in [5.41, 5.74) is 2.35. The van der Waals surface area contributed by atoms with E-state index in [9.17, 15) is 4.79 Å². The average molecular weight is 385 g/mol. The molecule has 1 aromatic carbocycles. The topological polar surface area (TPSA) is 42.4 Å². The molecule has 1 aliphatic carbocycles. The molecular formula is C22H25ClN2O2. The van der Waals surface area contributed by atoms with Crippen molar-refractivity contribution in [1.29, 1.82) is 0 Å². The molecule has 27 heavy (non-hydrogen) atoms. The zero-order valence-electron chi connectivity index (χ0n) is 16.2. The molecule has 0 saturated heterocycles. The highest BCUT2D eigenvalue weighted by atomic mass is 35.5. The minimum absolute atomic E-state index is 0.0615. The number of hydrogen-bond acceptors (Lipinski definition) is 3. The maximum absolute atomic E-state index is 12.7. The molecule has 142 valence electrons. The molecule has 0 fully saturated rings. The van der Waals surface area contributed by atoms with Crippen LogP contribution in [0, 0.1) is 12.8 Å². The van der Waals surface area contributed by atoms with Crippen molar-refractivity contribution >= 4 is 23.2 Å². The van der Waals surface area contributed by atoms with Gasteiger partial charge in [0.2, 0.25) is 5.88 Å². The molecule has 2 unspecified atom stereocenters. The molecule has 1 amide bonds. The lowest BCUT2D eigenvalue weighted by molar-refractivity contribution is 0.0992. The first-order chi connectivity index (χ1) is 12.8. The molecule has 2 atom stereocenters. The van der Waals surface area contributed by atoms with E-state index in [2.05, 4.69) is 11.9 Å². The van der Waals surface area contributed by atoms with E-state index in [4.69, 9.17) is 16.3 Å². The zero-order valence-corrected chi connectivity index (χ0v) is 17.0. The number of ether oxygens (including phenoxy) is 1. The summed E-state index contributed by atoms with van der Waals surface area (Å²) in [6.45, 7) is 6.09. The highest BCUT2D eigenvalue weighted by molar-refractivity contribution is 6.23. The van der Waals surface area contributed by atoms with Crippen molar-refractivity contribution in [3.05, 3.63) is 65.6 Å². The van der Waals surface area contributed by atoms with E-state index in [1.165, 1.54) is 0 Å². The first-order valence-electron chi connectivity index (χ1n) is 9.13. The summed E-state index contributed by atoms with van der Waals surface area (Å²) in [6.07, 6.45) is 5.35. The predicted molar refractivity (Wildman–Crippen MR) is 110 cm³/mol. The van der Waals surface area contributed by atoms with E-state index in [1.54, 1.807) is 24.2 Å². The van der Waals surface area contributed by atoms with E-state index < -0.39 is 0 Å². The van der Waals surface area contributed by atoms with Crippen molar-refractivity contribution in [2.45, 2.75) is 38.5 Å². The fourth-order valence-electron chi connectivity index (χ4n) is 3.34. The minimum atomic E-state index is -0.206. The van der Waals surface area contributed by atoms with Gasteiger partial charge in [0.15, 0.2) is 0 Å². The number of aryl methyl sites for hydroxylation is 1. The van der Waals surface area contributed by atoms with Crippen LogP contribution in [0.5, 0.6) is 5.88 Å². The number of halogens is 1. The Bertz CT molecular complexity index is 859. The van der Waals surface area contributed by atoms with Crippen LogP contribution in [0.15, 0.2) is 54.4 Å². The number of pyridine rings is 1. The molecule has 3 rings (SSSR count). The Labute approximate surface area is 165 Å². The van der Waals surface area contributed by atoms with Gasteiger partial charge in [-0.2, -0.15) is 0 Å². The lowest BCUT2D eigenvalue weighted by Gasteiger charge is -2.30. The highest BCUT2D eigenvalue weighted by Crippen LogP contribution is 2.37. The van der Waals surface area contributed by atoms with Gasteiger partial charge < -0.3 is 9.64 Å². The van der Waals surface area contributed by atoms with Crippen LogP contribution in [0.4, 0.5) is 5.69 Å². The van der Waals surface area contributed by atoms with E-state index in [1.807, 2.05) is 50.3 Å². The Balaban J connectivity index is 1.71. The summed E-state index contributed by atoms with van der Waals surface area (Å²) < 4.78 is 5.95. The summed E-state index contributed by atoms with van der Waals surface area (Å²) in [5, 5.41) is 0. The third-order valence-corrected chi connectivity index (χ3v) is 5.27. The van der Waals surface area contributed by atoms with Crippen LogP contribution in [-0.4, -0.2) is 22.8 Å². The molecule has 0 spiro atoms. The second kappa shape index (κ2) is 7.73. The number of aromatic nitrogens is 1. The van der Waals surface area contributed by atoms with Gasteiger partial charge in [-0.25, -0.2) is 4.98 Å². The zero-order chi connectivity index (χ0) is 19.6. The van der Waals surface area contributed by atoms with E-state index in [0.29, 0.717) is 11.4 Å². The highest BCUT2D eigenvalue weighted by Gasteiger charge is 2.30. The second-order valence-corrected chi connectivity index (χ2v) is 8.38. The first kappa shape index (κ1) is 19.4. The van der Waals surface area contributed by atoms with Crippen molar-refractivity contribution in [2.24, 2.45) is 5.92 Å². The lowest BCUT2D eigenvalue weighted by Crippen LogP contribution is -2.27. The molecule has 0 saturated carbocycles. The number of carbonyl (C=O) groups excluding carboxylic acids is 1. The van der Waals surface area contributed by atoms with Crippen molar-refractivity contribution < 1.29 is 9.53 Å². The van der Waals surface area contributed by atoms with E-state index in [0.717, 1.165) is 29.9 Å². The number of benzene rings is 1. The second-order valence-electron chi connectivity index (χ2n) is 7.46. The van der Waals surface area contributed by atoms with Gasteiger partial charge in [0.25, 0.3) is 5.91 Å². The van der Waals surface area contributed by atoms with Crippen molar-refractivity contribution in [2.75, 3.05) is 11.9 Å². The summed E-state index contributed by atoms with van der Waals surface area (Å²) >= 11 is 6.43. The third-order valence-electron chi connectivity index (χ3n) is 4.96. The van der Waals surface area contributed by atoms with Crippen LogP contribution < -0.4 is 9.64 Å². The van der Waals surface area contributed by atoms with Gasteiger partial charge >= 0.3 is 0 Å². The van der Waals surface area contributed by atoms with E-state index in [-0.39, 0.29) is 16.7 Å². The quantitative estimate of drug-likeness (QED) is 0.666. The van der Waals surface area contributed by atoms with E-state index >= 15 is 0 Å². The third kappa shape index (κ3) is 4.51. The molecule has 0 aliphatic heterocycles. The minimum Gasteiger partial charge on any atom is -0.443 e. The number of allylic oxidation sites excluding steroid dienone is 2. The lowest BCUT2D eigenvalue weighted by atomic mass is 9.87. The van der Waals surface area contributed by atoms with Gasteiger partial charge in [-0.3, -0.25) is 4.79 Å². The van der Waals surface area contributed by atoms with Gasteiger partial charge in [-0.15, -0.1) is 11.6 Å². The van der Waals surface area contributed by atoms with Crippen LogP contribution in [0.2, 0.25) is 0 Å². The SMILES string of the molecule is Cc1ccccc1C(=O)N(C)c1ccc(OC2=CCC(C)(Cl)CC2C)nc1. The van der Waals surface area contributed by atoms with Crippen LogP contribution in [0.3, 0.4) is 0 Å². The fraction of sp³-hybridized carbons (Fsp3) is 0.364. The Morgan fingerprint density at radius 3 is 2.67 bits per heavy atom. The largest absolute Gasteiger partial charge is 0.443 e. The van der Waals surface area contributed by atoms with Crippen molar-refractivity contribution in [1.82, 2.24) is 4.98 Å². The monoisotopic (exact) mass is 384 g/mol. The molecule has 0 N–H and O–H groups in total. The molecule has 2 aromatic rings. The molecule has 0 radical (unpaired) electrons. The summed E-state index contributed by atoms with van der Waals surface area (Å²) in [7, 11) is 1.75. The normalized spacial score (nSPS) is 22.1. The number of rotatable bonds is 4. The predicted octanol–water partition coefficient (Wildman–Crippen LogP) is 5.36. The van der Waals surface area contributed by atoms with Crippen LogP contribution >= 0.6 is 11.6 Å². The maximum Gasteiger partial charge on any atom is 0.258 e. The van der Waals surface area contributed by atoms with Crippen LogP contribution in [0.25, 0.3) is 0 Å². The number of nitrogens with zero attached hydrogens (tertiary/aromatic N) is 2. The van der Waals surface area contributed by atoms with Gasteiger partial charge in [0.1, 0.15) is 5.76 Å². The molecule has 5 heteroatoms. The molecule has 4 nitrogen and oxygen atoms in total. The van der Waals surface area contributed by atoms with Gasteiger partial charge in [0.05, 0.1) is 11.9 Å². The van der Waals surface area contributed by atoms with Crippen molar-refractivity contribution in [3.8, 4) is 5.88 Å². The van der Waals surface area contributed by atoms with Crippen molar-refractivity contribution in [3.63, 3.8) is 0 Å². The first-order valence-corrected chi connectivity index (χ1v) is 9.51. The average Bonchev–Trinajstić information content (AvgIpc) is 2.63. The number of hydrogen-bond donors (Lipinski definition) is 0. The van der Waals surface area contributed by atoms with Crippen LogP contribution in [-0.2, 0) is 0 Å². The Hall–Kier alpha value is -2.33. The molecular weight excluding hydrogens is 360 g/mol. The number of carbonyl (C=O) groups is 1. The molecule has 1 aromatic heterocycles. The summed E-state index contributed by atoms with van der Waals surface area (Å²) in [6, 6.07) is 11.2. The molecule has 1 aliphatic rings. The Morgan fingerprint density at radius 1 is 1.30 bits per heavy atom. The van der Waals surface area contributed by atoms with Crippen LogP contribution in [0.1, 0.15) is 42.6 Å². The summed E-state index contributed by atoms with van der Waals surface area (Å²) in [4.78, 5) is 18.5. The van der Waals surface area contributed by atoms with Gasteiger partial charge in [-0.1, -0.05) is 25.1 Å². The Kier molecular flexibility index (Phi) is 5.56. The Morgan fingerprint density at radius 2 is 2.04 bits per heavy atom. The molecule has 1 heterocycles. The number of amides is 1. The number of alkyl halides is 1. The standard InChI is InChI=1S/C22H25ClN2O2/c1-15-7-5-6-8-18(15)21(26)25(4)17-9-10-20(24-14-17)27-19-11-12-22(3,23)13-16(19)2/h5-11,14,16H,12-13H2,1-4H3. The summed E-state index contributed by atoms with van der Waals surface area (Å²) in [5.74, 6) is 1.60. The fourth-order valence-corrected chi connectivity index (χ4v) is 3.65. The maximum atomic E-state index is 12.7.